The zero-order valence-corrected chi connectivity index (χ0v) is 11.5. The van der Waals surface area contributed by atoms with E-state index in [1.807, 2.05) is 5.32 Å². The van der Waals surface area contributed by atoms with Crippen molar-refractivity contribution in [1.29, 1.82) is 0 Å². The molecule has 8 nitrogen and oxygen atoms in total. The number of alkyl halides is 3. The topological polar surface area (TPSA) is 116 Å². The van der Waals surface area contributed by atoms with Gasteiger partial charge < -0.3 is 5.73 Å². The minimum absolute atomic E-state index is 0.00795. The molecule has 0 aliphatic carbocycles. The molecule has 2 rings (SSSR count). The van der Waals surface area contributed by atoms with Gasteiger partial charge in [0, 0.05) is 12.0 Å². The van der Waals surface area contributed by atoms with Gasteiger partial charge in [-0.2, -0.15) is 18.0 Å². The minimum Gasteiger partial charge on any atom is -0.351 e. The fourth-order valence-corrected chi connectivity index (χ4v) is 1.69. The molecule has 0 atom stereocenters. The fraction of sp³-hybridized carbons (Fsp3) is 0.250. The van der Waals surface area contributed by atoms with Gasteiger partial charge in [-0.05, 0) is 17.3 Å². The predicted octanol–water partition coefficient (Wildman–Crippen LogP) is 0.944. The van der Waals surface area contributed by atoms with Gasteiger partial charge in [-0.3, -0.25) is 10.1 Å². The zero-order chi connectivity index (χ0) is 17.0. The van der Waals surface area contributed by atoms with Crippen molar-refractivity contribution in [2.45, 2.75) is 19.1 Å². The Balaban J connectivity index is 2.08. The highest BCUT2D eigenvalue weighted by atomic mass is 19.4. The van der Waals surface area contributed by atoms with E-state index in [0.29, 0.717) is 0 Å². The Morgan fingerprint density at radius 2 is 2.04 bits per heavy atom. The number of carbonyl (C=O) groups is 2. The number of primary amides is 1. The summed E-state index contributed by atoms with van der Waals surface area (Å²) in [6.07, 6.45) is -4.61. The summed E-state index contributed by atoms with van der Waals surface area (Å²) in [5, 5.41) is 13.0. The van der Waals surface area contributed by atoms with Crippen LogP contribution in [0.25, 0.3) is 11.4 Å². The molecule has 0 fully saturated rings. The molecule has 0 radical (unpaired) electrons. The lowest BCUT2D eigenvalue weighted by Gasteiger charge is -2.06. The summed E-state index contributed by atoms with van der Waals surface area (Å²) in [5.41, 5.74) is 4.10. The van der Waals surface area contributed by atoms with E-state index in [1.54, 1.807) is 0 Å². The summed E-state index contributed by atoms with van der Waals surface area (Å²) in [4.78, 5) is 22.7. The molecular formula is C12H11F3N6O2. The fourth-order valence-electron chi connectivity index (χ4n) is 1.69. The molecule has 1 aromatic heterocycles. The van der Waals surface area contributed by atoms with E-state index in [2.05, 4.69) is 15.4 Å². The number of aryl methyl sites for hydroxylation is 1. The van der Waals surface area contributed by atoms with Crippen LogP contribution in [-0.2, 0) is 17.5 Å². The molecule has 0 unspecified atom stereocenters. The maximum absolute atomic E-state index is 12.7. The Kier molecular flexibility index (Phi) is 4.57. The Bertz CT molecular complexity index is 728. The van der Waals surface area contributed by atoms with Crippen LogP contribution in [0.4, 0.5) is 18.0 Å². The van der Waals surface area contributed by atoms with Crippen molar-refractivity contribution in [3.05, 3.63) is 29.8 Å². The number of nitrogens with zero attached hydrogens (tertiary/aromatic N) is 4. The summed E-state index contributed by atoms with van der Waals surface area (Å²) >= 11 is 0. The summed E-state index contributed by atoms with van der Waals surface area (Å²) in [7, 11) is 0. The highest BCUT2D eigenvalue weighted by Gasteiger charge is 2.30. The number of benzene rings is 1. The number of hydrogen-bond donors (Lipinski definition) is 2. The second-order valence-electron chi connectivity index (χ2n) is 4.45. The number of nitrogens with two attached hydrogens (primary N) is 1. The third-order valence-electron chi connectivity index (χ3n) is 2.70. The average molecular weight is 328 g/mol. The van der Waals surface area contributed by atoms with Crippen LogP contribution in [0.2, 0.25) is 0 Å². The SMILES string of the molecule is NC(=O)NC(=O)CCn1nnc(-c2cccc(C(F)(F)F)c2)n1. The first-order valence-electron chi connectivity index (χ1n) is 6.30. The van der Waals surface area contributed by atoms with Gasteiger partial charge in [-0.15, -0.1) is 10.2 Å². The monoisotopic (exact) mass is 328 g/mol. The first kappa shape index (κ1) is 16.4. The molecule has 0 saturated carbocycles. The first-order chi connectivity index (χ1) is 10.8. The van der Waals surface area contributed by atoms with Gasteiger partial charge >= 0.3 is 12.2 Å². The smallest absolute Gasteiger partial charge is 0.351 e. The van der Waals surface area contributed by atoms with Gasteiger partial charge in [0.25, 0.3) is 0 Å². The molecule has 0 aliphatic rings. The molecule has 1 aromatic carbocycles. The molecule has 1 heterocycles. The zero-order valence-electron chi connectivity index (χ0n) is 11.5. The molecule has 23 heavy (non-hydrogen) atoms. The highest BCUT2D eigenvalue weighted by molar-refractivity contribution is 5.93. The van der Waals surface area contributed by atoms with Crippen molar-refractivity contribution >= 4 is 11.9 Å². The Morgan fingerprint density at radius 1 is 1.30 bits per heavy atom. The first-order valence-corrected chi connectivity index (χ1v) is 6.30. The van der Waals surface area contributed by atoms with Crippen LogP contribution < -0.4 is 11.1 Å². The molecular weight excluding hydrogens is 317 g/mol. The van der Waals surface area contributed by atoms with Crippen molar-refractivity contribution in [3.63, 3.8) is 0 Å². The van der Waals surface area contributed by atoms with Crippen molar-refractivity contribution in [2.24, 2.45) is 5.73 Å². The van der Waals surface area contributed by atoms with Crippen LogP contribution in [-0.4, -0.2) is 32.1 Å². The average Bonchev–Trinajstić information content (AvgIpc) is 2.92. The van der Waals surface area contributed by atoms with Gasteiger partial charge in [0.1, 0.15) is 0 Å². The number of rotatable bonds is 4. The second-order valence-corrected chi connectivity index (χ2v) is 4.45. The lowest BCUT2D eigenvalue weighted by atomic mass is 10.1. The van der Waals surface area contributed by atoms with Crippen molar-refractivity contribution in [2.75, 3.05) is 0 Å². The quantitative estimate of drug-likeness (QED) is 0.866. The number of aromatic nitrogens is 4. The predicted molar refractivity (Wildman–Crippen MR) is 70.6 cm³/mol. The lowest BCUT2D eigenvalue weighted by Crippen LogP contribution is -2.35. The number of carbonyl (C=O) groups excluding carboxylic acids is 2. The van der Waals surface area contributed by atoms with Gasteiger partial charge in [-0.25, -0.2) is 4.79 Å². The van der Waals surface area contributed by atoms with E-state index in [-0.39, 0.29) is 24.4 Å². The Hall–Kier alpha value is -2.98. The number of amides is 3. The van der Waals surface area contributed by atoms with Crippen LogP contribution in [0.3, 0.4) is 0 Å². The van der Waals surface area contributed by atoms with Gasteiger partial charge in [0.15, 0.2) is 0 Å². The number of urea groups is 1. The summed E-state index contributed by atoms with van der Waals surface area (Å²) in [5.74, 6) is -0.637. The highest BCUT2D eigenvalue weighted by Crippen LogP contribution is 2.31. The molecule has 0 spiro atoms. The summed E-state index contributed by atoms with van der Waals surface area (Å²) < 4.78 is 38.0. The maximum atomic E-state index is 12.7. The standard InChI is InChI=1S/C12H11F3N6O2/c13-12(14,15)8-3-1-2-7(6-8)10-18-20-21(19-10)5-4-9(22)17-11(16)23/h1-3,6H,4-5H2,(H3,16,17,22,23). The van der Waals surface area contributed by atoms with Crippen LogP contribution in [0.5, 0.6) is 0 Å². The van der Waals surface area contributed by atoms with Crippen molar-refractivity contribution < 1.29 is 22.8 Å². The normalized spacial score (nSPS) is 11.3. The third-order valence-corrected chi connectivity index (χ3v) is 2.70. The van der Waals surface area contributed by atoms with E-state index < -0.39 is 23.7 Å². The molecule has 3 amide bonds. The van der Waals surface area contributed by atoms with Gasteiger partial charge in [0.05, 0.1) is 12.1 Å². The maximum Gasteiger partial charge on any atom is 0.416 e. The second kappa shape index (κ2) is 6.42. The van der Waals surface area contributed by atoms with E-state index in [1.165, 1.54) is 12.1 Å². The number of imide groups is 1. The van der Waals surface area contributed by atoms with Crippen molar-refractivity contribution in [1.82, 2.24) is 25.5 Å². The van der Waals surface area contributed by atoms with Crippen LogP contribution >= 0.6 is 0 Å². The Labute approximate surface area is 127 Å². The number of tetrazole rings is 1. The van der Waals surface area contributed by atoms with Crippen LogP contribution in [0, 0.1) is 0 Å². The molecule has 122 valence electrons. The minimum atomic E-state index is -4.47. The number of nitrogens with one attached hydrogen (secondary N) is 1. The van der Waals surface area contributed by atoms with Gasteiger partial charge in [0.2, 0.25) is 11.7 Å². The molecule has 11 heteroatoms. The summed E-state index contributed by atoms with van der Waals surface area (Å²) in [6.45, 7) is -0.00885. The molecule has 0 bridgehead atoms. The largest absolute Gasteiger partial charge is 0.416 e. The third kappa shape index (κ3) is 4.49. The molecule has 0 saturated heterocycles. The Morgan fingerprint density at radius 3 is 2.70 bits per heavy atom. The molecule has 2 aromatic rings. The van der Waals surface area contributed by atoms with E-state index in [4.69, 9.17) is 5.73 Å². The van der Waals surface area contributed by atoms with Gasteiger partial charge in [-0.1, -0.05) is 12.1 Å². The lowest BCUT2D eigenvalue weighted by molar-refractivity contribution is -0.137. The van der Waals surface area contributed by atoms with E-state index >= 15 is 0 Å². The molecule has 3 N–H and O–H groups in total. The van der Waals surface area contributed by atoms with E-state index in [9.17, 15) is 22.8 Å². The van der Waals surface area contributed by atoms with Crippen LogP contribution in [0.1, 0.15) is 12.0 Å². The molecule has 0 aliphatic heterocycles. The van der Waals surface area contributed by atoms with Crippen LogP contribution in [0.15, 0.2) is 24.3 Å². The number of hydrogen-bond acceptors (Lipinski definition) is 5. The van der Waals surface area contributed by atoms with E-state index in [0.717, 1.165) is 16.9 Å². The summed E-state index contributed by atoms with van der Waals surface area (Å²) in [6, 6.07) is 3.50. The number of halogens is 3. The van der Waals surface area contributed by atoms with Crippen molar-refractivity contribution in [3.8, 4) is 11.4 Å².